The molecule has 0 rings (SSSR count). The number of hydrogen-bond donors (Lipinski definition) is 3. The second-order valence-corrected chi connectivity index (χ2v) is 7.26. The van der Waals surface area contributed by atoms with E-state index in [9.17, 15) is 4.79 Å². The van der Waals surface area contributed by atoms with E-state index in [0.717, 1.165) is 20.4 Å². The van der Waals surface area contributed by atoms with Crippen LogP contribution in [0.15, 0.2) is 0 Å². The predicted molar refractivity (Wildman–Crippen MR) is 82.2 cm³/mol. The van der Waals surface area contributed by atoms with Gasteiger partial charge in [0, 0.05) is 0 Å². The summed E-state index contributed by atoms with van der Waals surface area (Å²) in [5, 5.41) is 17.9. The molecule has 0 aliphatic rings. The number of ether oxygens (including phenoxy) is 2. The zero-order valence-corrected chi connectivity index (χ0v) is 14.3. The van der Waals surface area contributed by atoms with Crippen molar-refractivity contribution in [1.82, 2.24) is 0 Å². The van der Waals surface area contributed by atoms with E-state index in [2.05, 4.69) is 18.6 Å². The van der Waals surface area contributed by atoms with Crippen LogP contribution in [0, 0.1) is 0 Å². The van der Waals surface area contributed by atoms with Crippen molar-refractivity contribution in [1.29, 1.82) is 0 Å². The third kappa shape index (κ3) is 15.8. The number of rotatable bonds is 7. The topological polar surface area (TPSA) is 102 Å². The minimum absolute atomic E-state index is 0.593. The van der Waals surface area contributed by atoms with Crippen LogP contribution in [-0.2, 0) is 14.3 Å². The summed E-state index contributed by atoms with van der Waals surface area (Å²) >= 11 is 0. The second-order valence-electron chi connectivity index (χ2n) is 5.19. The molecule has 0 saturated carbocycles. The molecule has 0 heterocycles. The van der Waals surface area contributed by atoms with E-state index in [0.29, 0.717) is 6.61 Å². The first kappa shape index (κ1) is 22.0. The van der Waals surface area contributed by atoms with E-state index >= 15 is 0 Å². The Kier molecular flexibility index (Phi) is 12.6. The van der Waals surface area contributed by atoms with Gasteiger partial charge in [0.1, 0.15) is 6.04 Å². The maximum absolute atomic E-state index is 10.4. The lowest BCUT2D eigenvalue weighted by Crippen LogP contribution is -2.40. The van der Waals surface area contributed by atoms with Crippen LogP contribution in [0.2, 0.25) is 0 Å². The Labute approximate surface area is 123 Å². The zero-order chi connectivity index (χ0) is 16.3. The van der Waals surface area contributed by atoms with Gasteiger partial charge in [0.05, 0.1) is 19.8 Å². The number of hydrogen-bond acceptors (Lipinski definition) is 6. The molecule has 3 atom stereocenters. The smallest absolute Gasteiger partial charge is 0.325 e. The molecule has 0 spiro atoms. The molecular formula is C13H30NO5P. The molecule has 4 N–H and O–H groups in total. The molecule has 7 heteroatoms. The highest BCUT2D eigenvalue weighted by Crippen LogP contribution is 2.17. The number of aliphatic hydroxyl groups is 2. The average Bonchev–Trinajstić information content (AvgIpc) is 2.32. The summed E-state index contributed by atoms with van der Waals surface area (Å²) in [6.45, 7) is 9.81. The molecule has 0 amide bonds. The number of carbonyl (C=O) groups excluding carboxylic acids is 1. The van der Waals surface area contributed by atoms with Crippen LogP contribution in [0.5, 0.6) is 0 Å². The van der Waals surface area contributed by atoms with Gasteiger partial charge in [-0.3, -0.25) is 4.79 Å². The van der Waals surface area contributed by atoms with Crippen LogP contribution < -0.4 is 5.73 Å². The molecule has 20 heavy (non-hydrogen) atoms. The van der Waals surface area contributed by atoms with Gasteiger partial charge in [0.15, 0.2) is 5.79 Å². The van der Waals surface area contributed by atoms with E-state index in [4.69, 9.17) is 20.7 Å². The Hall–Kier alpha value is -0.260. The lowest BCUT2D eigenvalue weighted by atomic mass is 10.2. The minimum atomic E-state index is -0.957. The molecule has 0 aliphatic heterocycles. The van der Waals surface area contributed by atoms with Gasteiger partial charge in [-0.25, -0.2) is 0 Å². The maximum atomic E-state index is 10.4. The van der Waals surface area contributed by atoms with Crippen molar-refractivity contribution in [3.8, 4) is 0 Å². The van der Waals surface area contributed by atoms with Gasteiger partial charge >= 0.3 is 5.97 Å². The van der Waals surface area contributed by atoms with Gasteiger partial charge in [0.2, 0.25) is 0 Å². The fourth-order valence-electron chi connectivity index (χ4n) is 0.981. The van der Waals surface area contributed by atoms with E-state index in [1.807, 2.05) is 0 Å². The van der Waals surface area contributed by atoms with Gasteiger partial charge in [-0.15, -0.1) is 8.58 Å². The highest BCUT2D eigenvalue weighted by Gasteiger charge is 2.18. The monoisotopic (exact) mass is 311 g/mol. The summed E-state index contributed by atoms with van der Waals surface area (Å²) in [6, 6.07) is -0.921. The molecule has 2 unspecified atom stereocenters. The van der Waals surface area contributed by atoms with Gasteiger partial charge in [-0.2, -0.15) is 0 Å². The van der Waals surface area contributed by atoms with Gasteiger partial charge < -0.3 is 25.4 Å². The fraction of sp³-hybridized carbons (Fsp3) is 0.923. The number of methoxy groups -OCH3 is 1. The Morgan fingerprint density at radius 1 is 1.35 bits per heavy atom. The Balaban J connectivity index is 0. The van der Waals surface area contributed by atoms with E-state index in [1.54, 1.807) is 13.8 Å². The zero-order valence-electron chi connectivity index (χ0n) is 13.3. The molecule has 0 aromatic heterocycles. The summed E-state index contributed by atoms with van der Waals surface area (Å²) in [6.07, 6.45) is 0.208. The first-order chi connectivity index (χ1) is 9.01. The standard InChI is InChI=1S/C8H19O2P.C5H11NO3/c1-7(2)11-6-5-10-8(3,4)9;1-3(7)4(6)5(8)9-2/h7,9,11H,5-6H2,1-4H3;3-4,7H,6H2,1-2H3/t;3?,4-/m.0/s1. The molecule has 0 aromatic rings. The number of aliphatic hydroxyl groups excluding tert-OH is 1. The quantitative estimate of drug-likeness (QED) is 0.277. The lowest BCUT2D eigenvalue weighted by molar-refractivity contribution is -0.171. The largest absolute Gasteiger partial charge is 0.468 e. The predicted octanol–water partition coefficient (Wildman–Crippen LogP) is 0.686. The summed E-state index contributed by atoms with van der Waals surface area (Å²) in [5.74, 6) is -1.55. The van der Waals surface area contributed by atoms with Gasteiger partial charge in [0.25, 0.3) is 0 Å². The number of esters is 1. The highest BCUT2D eigenvalue weighted by atomic mass is 31.1. The molecule has 0 aliphatic carbocycles. The first-order valence-electron chi connectivity index (χ1n) is 6.62. The van der Waals surface area contributed by atoms with Crippen molar-refractivity contribution in [3.63, 3.8) is 0 Å². The van der Waals surface area contributed by atoms with Crippen molar-refractivity contribution in [2.24, 2.45) is 5.73 Å². The molecule has 0 aromatic carbocycles. The van der Waals surface area contributed by atoms with Crippen LogP contribution in [-0.4, -0.2) is 59.7 Å². The van der Waals surface area contributed by atoms with Crippen LogP contribution in [0.25, 0.3) is 0 Å². The van der Waals surface area contributed by atoms with Crippen molar-refractivity contribution in [2.45, 2.75) is 58.2 Å². The molecule has 122 valence electrons. The summed E-state index contributed by atoms with van der Waals surface area (Å²) in [7, 11) is 2.17. The normalized spacial score (nSPS) is 14.9. The van der Waals surface area contributed by atoms with E-state index < -0.39 is 23.9 Å². The molecule has 0 bridgehead atoms. The average molecular weight is 311 g/mol. The first-order valence-corrected chi connectivity index (χ1v) is 7.91. The van der Waals surface area contributed by atoms with Crippen LogP contribution in [0.4, 0.5) is 0 Å². The summed E-state index contributed by atoms with van der Waals surface area (Å²) < 4.78 is 9.39. The maximum Gasteiger partial charge on any atom is 0.325 e. The van der Waals surface area contributed by atoms with Crippen LogP contribution >= 0.6 is 8.58 Å². The second kappa shape index (κ2) is 11.4. The summed E-state index contributed by atoms with van der Waals surface area (Å²) in [4.78, 5) is 10.4. The Bertz CT molecular complexity index is 254. The molecule has 0 radical (unpaired) electrons. The SMILES string of the molecule is CC(C)PCCOC(C)(C)O.COC(=O)[C@@H](N)C(C)O. The minimum Gasteiger partial charge on any atom is -0.468 e. The Morgan fingerprint density at radius 2 is 1.85 bits per heavy atom. The number of carbonyl (C=O) groups is 1. The molecular weight excluding hydrogens is 281 g/mol. The van der Waals surface area contributed by atoms with Crippen molar-refractivity contribution < 1.29 is 24.5 Å². The lowest BCUT2D eigenvalue weighted by Gasteiger charge is -2.18. The van der Waals surface area contributed by atoms with E-state index in [1.165, 1.54) is 14.0 Å². The molecule has 0 fully saturated rings. The molecule has 0 saturated heterocycles. The molecule has 6 nitrogen and oxygen atoms in total. The van der Waals surface area contributed by atoms with Crippen molar-refractivity contribution in [2.75, 3.05) is 19.9 Å². The fourth-order valence-corrected chi connectivity index (χ4v) is 1.78. The van der Waals surface area contributed by atoms with Gasteiger partial charge in [-0.05, 0) is 32.6 Å². The van der Waals surface area contributed by atoms with E-state index in [-0.39, 0.29) is 0 Å². The van der Waals surface area contributed by atoms with Crippen LogP contribution in [0.3, 0.4) is 0 Å². The van der Waals surface area contributed by atoms with Crippen molar-refractivity contribution >= 4 is 14.6 Å². The van der Waals surface area contributed by atoms with Crippen molar-refractivity contribution in [3.05, 3.63) is 0 Å². The third-order valence-corrected chi connectivity index (χ3v) is 3.41. The third-order valence-electron chi connectivity index (χ3n) is 2.10. The highest BCUT2D eigenvalue weighted by molar-refractivity contribution is 7.38. The van der Waals surface area contributed by atoms with Gasteiger partial charge in [-0.1, -0.05) is 13.8 Å². The van der Waals surface area contributed by atoms with Crippen LogP contribution in [0.1, 0.15) is 34.6 Å². The Morgan fingerprint density at radius 3 is 2.10 bits per heavy atom. The summed E-state index contributed by atoms with van der Waals surface area (Å²) in [5.41, 5.74) is 5.90. The number of nitrogens with two attached hydrogens (primary N) is 1.